The maximum Gasteiger partial charge on any atom is 0.326 e. The Bertz CT molecular complexity index is 2090. The van der Waals surface area contributed by atoms with Crippen LogP contribution in [0.2, 0.25) is 0 Å². The second kappa shape index (κ2) is 31.2. The fraction of sp³-hybridized carbons (Fsp3) is 0.548. The summed E-state index contributed by atoms with van der Waals surface area (Å²) in [6.07, 6.45) is -4.00. The molecule has 20 N–H and O–H groups in total. The molecule has 1 aromatic rings. The summed E-state index contributed by atoms with van der Waals surface area (Å²) in [5.41, 5.74) is 21.6. The van der Waals surface area contributed by atoms with Gasteiger partial charge in [-0.3, -0.25) is 57.5 Å². The zero-order valence-electron chi connectivity index (χ0n) is 39.0. The molecule has 0 aliphatic rings. The van der Waals surface area contributed by atoms with Gasteiger partial charge in [-0.05, 0) is 55.7 Å². The molecule has 0 aliphatic heterocycles. The monoisotopic (exact) mass is 1010 g/mol. The van der Waals surface area contributed by atoms with Crippen LogP contribution in [-0.2, 0) is 68.7 Å². The van der Waals surface area contributed by atoms with Gasteiger partial charge in [-0.1, -0.05) is 26.0 Å². The molecule has 11 amide bonds. The van der Waals surface area contributed by atoms with Crippen LogP contribution < -0.4 is 65.5 Å². The summed E-state index contributed by atoms with van der Waals surface area (Å²) in [7, 11) is 0. The van der Waals surface area contributed by atoms with Crippen LogP contribution in [0.25, 0.3) is 0 Å². The number of carboxylic acids is 2. The highest BCUT2D eigenvalue weighted by molar-refractivity contribution is 5.97. The van der Waals surface area contributed by atoms with Crippen molar-refractivity contribution in [1.82, 2.24) is 42.5 Å². The highest BCUT2D eigenvalue weighted by Gasteiger charge is 2.33. The van der Waals surface area contributed by atoms with Gasteiger partial charge in [0.25, 0.3) is 0 Å². The maximum atomic E-state index is 13.7. The van der Waals surface area contributed by atoms with E-state index in [1.54, 1.807) is 13.8 Å². The summed E-state index contributed by atoms with van der Waals surface area (Å²) in [5.74, 6) is -14.2. The lowest BCUT2D eigenvalue weighted by Gasteiger charge is -2.26. The number of amides is 11. The average molecular weight is 1010 g/mol. The van der Waals surface area contributed by atoms with Gasteiger partial charge >= 0.3 is 11.9 Å². The number of nitrogens with one attached hydrogen (secondary N) is 8. The van der Waals surface area contributed by atoms with Gasteiger partial charge in [0.2, 0.25) is 65.0 Å². The summed E-state index contributed by atoms with van der Waals surface area (Å²) in [6.45, 7) is 0.817. The van der Waals surface area contributed by atoms with Gasteiger partial charge in [-0.25, -0.2) is 4.79 Å². The first-order valence-corrected chi connectivity index (χ1v) is 22.0. The number of carboxylic acid groups (broad SMARTS) is 2. The largest absolute Gasteiger partial charge is 0.508 e. The number of aliphatic hydroxyl groups is 1. The number of aliphatic hydroxyl groups excluding tert-OH is 1. The maximum absolute atomic E-state index is 13.7. The second-order valence-corrected chi connectivity index (χ2v) is 16.5. The molecule has 1 rings (SSSR count). The van der Waals surface area contributed by atoms with Gasteiger partial charge in [0.05, 0.1) is 25.7 Å². The Labute approximate surface area is 406 Å². The minimum atomic E-state index is -1.74. The predicted molar refractivity (Wildman–Crippen MR) is 244 cm³/mol. The Balaban J connectivity index is 3.17. The van der Waals surface area contributed by atoms with Crippen molar-refractivity contribution in [2.45, 2.75) is 120 Å². The van der Waals surface area contributed by atoms with Crippen molar-refractivity contribution in [3.05, 3.63) is 29.8 Å². The molecule has 0 aromatic heterocycles. The van der Waals surface area contributed by atoms with E-state index in [1.165, 1.54) is 24.3 Å². The fourth-order valence-electron chi connectivity index (χ4n) is 6.21. The highest BCUT2D eigenvalue weighted by atomic mass is 16.4. The van der Waals surface area contributed by atoms with Crippen LogP contribution in [-0.4, -0.2) is 159 Å². The van der Waals surface area contributed by atoms with E-state index in [4.69, 9.17) is 22.9 Å². The number of carbonyl (C=O) groups excluding carboxylic acids is 11. The number of aliphatic carboxylic acids is 2. The van der Waals surface area contributed by atoms with E-state index >= 15 is 0 Å². The lowest BCUT2D eigenvalue weighted by Crippen LogP contribution is -2.59. The summed E-state index contributed by atoms with van der Waals surface area (Å²) in [4.78, 5) is 163. The molecule has 7 atom stereocenters. The third-order valence-corrected chi connectivity index (χ3v) is 9.97. The van der Waals surface area contributed by atoms with Gasteiger partial charge in [-0.2, -0.15) is 0 Å². The lowest BCUT2D eigenvalue weighted by molar-refractivity contribution is -0.142. The molecule has 0 unspecified atom stereocenters. The number of benzene rings is 1. The van der Waals surface area contributed by atoms with Crippen LogP contribution >= 0.6 is 0 Å². The molecule has 29 heteroatoms. The van der Waals surface area contributed by atoms with Crippen molar-refractivity contribution in [3.63, 3.8) is 0 Å². The van der Waals surface area contributed by atoms with Crippen LogP contribution in [0.1, 0.15) is 77.2 Å². The number of phenols is 1. The quantitative estimate of drug-likeness (QED) is 0.0305. The number of carbonyl (C=O) groups is 13. The van der Waals surface area contributed by atoms with E-state index in [-0.39, 0.29) is 37.4 Å². The third-order valence-electron chi connectivity index (χ3n) is 9.97. The number of phenolic OH excluding ortho intramolecular Hbond substituents is 1. The Kier molecular flexibility index (Phi) is 26.9. The molecule has 0 heterocycles. The van der Waals surface area contributed by atoms with E-state index in [9.17, 15) is 82.8 Å². The molecule has 0 spiro atoms. The predicted octanol–water partition coefficient (Wildman–Crippen LogP) is -6.81. The normalized spacial score (nSPS) is 13.8. The van der Waals surface area contributed by atoms with Crippen molar-refractivity contribution >= 4 is 76.9 Å². The SMILES string of the molecule is CC(C)C[C@H](NC(=O)[C@H](CO)NC(=O)CNC(=O)[C@@H](N)CCC(N)=O)C(=O)NCC(=O)N[C@@H](CCC(=O)O)C(=O)N[C@@H](CCC(N)=O)C(=O)N[C@@H](CCC(N)=O)C(=O)N[C@@H](Cc1ccc(O)cc1)C(=O)O. The number of aromatic hydroxyl groups is 1. The van der Waals surface area contributed by atoms with Crippen LogP contribution in [0, 0.1) is 5.92 Å². The van der Waals surface area contributed by atoms with Crippen LogP contribution in [0.5, 0.6) is 5.75 Å². The van der Waals surface area contributed by atoms with E-state index in [0.717, 1.165) is 0 Å². The van der Waals surface area contributed by atoms with Crippen LogP contribution in [0.3, 0.4) is 0 Å². The Morgan fingerprint density at radius 1 is 0.507 bits per heavy atom. The van der Waals surface area contributed by atoms with Gasteiger partial charge in [-0.15, -0.1) is 0 Å². The van der Waals surface area contributed by atoms with E-state index < -0.39 is 177 Å². The number of hydrogen-bond donors (Lipinski definition) is 16. The van der Waals surface area contributed by atoms with Gasteiger partial charge in [0.15, 0.2) is 0 Å². The second-order valence-electron chi connectivity index (χ2n) is 16.5. The molecule has 0 saturated heterocycles. The number of primary amides is 3. The molecule has 1 aromatic carbocycles. The van der Waals surface area contributed by atoms with E-state index in [2.05, 4.69) is 42.5 Å². The van der Waals surface area contributed by atoms with Crippen molar-refractivity contribution < 1.29 is 82.8 Å². The first kappa shape index (κ1) is 61.1. The van der Waals surface area contributed by atoms with Gasteiger partial charge < -0.3 is 85.9 Å². The molecule has 71 heavy (non-hydrogen) atoms. The van der Waals surface area contributed by atoms with E-state index in [0.29, 0.717) is 5.56 Å². The fourth-order valence-corrected chi connectivity index (χ4v) is 6.21. The Morgan fingerprint density at radius 3 is 1.34 bits per heavy atom. The Morgan fingerprint density at radius 2 is 0.901 bits per heavy atom. The smallest absolute Gasteiger partial charge is 0.326 e. The van der Waals surface area contributed by atoms with E-state index in [1.807, 2.05) is 0 Å². The summed E-state index contributed by atoms with van der Waals surface area (Å²) in [6, 6.07) is -5.56. The number of rotatable bonds is 34. The number of nitrogens with two attached hydrogens (primary N) is 4. The third kappa shape index (κ3) is 25.3. The molecule has 0 aliphatic carbocycles. The summed E-state index contributed by atoms with van der Waals surface area (Å²) in [5, 5.41) is 56.6. The zero-order chi connectivity index (χ0) is 54.0. The van der Waals surface area contributed by atoms with Crippen LogP contribution in [0.4, 0.5) is 0 Å². The van der Waals surface area contributed by atoms with Crippen molar-refractivity contribution in [2.24, 2.45) is 28.9 Å². The van der Waals surface area contributed by atoms with Gasteiger partial charge in [0.1, 0.15) is 42.0 Å². The first-order chi connectivity index (χ1) is 33.2. The average Bonchev–Trinajstić information content (AvgIpc) is 3.29. The zero-order valence-corrected chi connectivity index (χ0v) is 39.0. The van der Waals surface area contributed by atoms with Gasteiger partial charge in [0, 0.05) is 32.1 Å². The molecule has 0 bridgehead atoms. The molecular formula is C42H64N12O17. The topological polar surface area (TPSA) is 503 Å². The van der Waals surface area contributed by atoms with Crippen LogP contribution in [0.15, 0.2) is 24.3 Å². The van der Waals surface area contributed by atoms with Crippen molar-refractivity contribution in [1.29, 1.82) is 0 Å². The molecule has 0 radical (unpaired) electrons. The molecule has 29 nitrogen and oxygen atoms in total. The molecule has 394 valence electrons. The molecule has 0 fully saturated rings. The summed E-state index contributed by atoms with van der Waals surface area (Å²) < 4.78 is 0. The van der Waals surface area contributed by atoms with Crippen molar-refractivity contribution in [3.8, 4) is 5.75 Å². The Hall–Kier alpha value is -7.95. The summed E-state index contributed by atoms with van der Waals surface area (Å²) >= 11 is 0. The molecular weight excluding hydrogens is 945 g/mol. The number of hydrogen-bond acceptors (Lipinski definition) is 16. The minimum absolute atomic E-state index is 0.0477. The minimum Gasteiger partial charge on any atom is -0.508 e. The highest BCUT2D eigenvalue weighted by Crippen LogP contribution is 2.13. The van der Waals surface area contributed by atoms with Crippen molar-refractivity contribution in [2.75, 3.05) is 19.7 Å². The lowest BCUT2D eigenvalue weighted by atomic mass is 10.0. The first-order valence-electron chi connectivity index (χ1n) is 22.0. The molecule has 0 saturated carbocycles. The standard InChI is InChI=1S/C42H64N12O17/c1-20(2)15-27(53-41(69)29(19-55)50-34(61)17-47-36(64)23(43)7-11-30(44)57)37(65)48-18-33(60)49-24(10-14-35(62)63)38(66)51-25(8-12-31(45)58)39(67)52-26(9-13-32(46)59)40(68)54-28(42(70)71)16-21-3-5-22(56)6-4-21/h3-6,20,23-29,55-56H,7-19,43H2,1-2H3,(H2,44,57)(H2,45,58)(H2,46,59)(H,47,64)(H,48,65)(H,49,60)(H,50,61)(H,51,66)(H,52,67)(H,53,69)(H,54,68)(H,62,63)(H,70,71)/t23-,24-,25-,26-,27-,28-,29-/m0/s1.